The number of thiazole rings is 1. The van der Waals surface area contributed by atoms with Crippen molar-refractivity contribution in [1.29, 1.82) is 0 Å². The molecule has 17 heavy (non-hydrogen) atoms. The molecule has 90 valence electrons. The van der Waals surface area contributed by atoms with Gasteiger partial charge in [0.2, 0.25) is 0 Å². The molecule has 0 saturated carbocycles. The van der Waals surface area contributed by atoms with Crippen molar-refractivity contribution < 1.29 is 0 Å². The van der Waals surface area contributed by atoms with Gasteiger partial charge in [-0.05, 0) is 19.0 Å². The molecule has 0 amide bonds. The van der Waals surface area contributed by atoms with E-state index in [1.807, 2.05) is 13.1 Å². The lowest BCUT2D eigenvalue weighted by Crippen LogP contribution is -2.06. The average Bonchev–Trinajstić information content (AvgIpc) is 2.75. The Balaban J connectivity index is 2.40. The minimum atomic E-state index is 0.435. The van der Waals surface area contributed by atoms with Gasteiger partial charge in [-0.1, -0.05) is 13.8 Å². The summed E-state index contributed by atoms with van der Waals surface area (Å²) in [5.74, 6) is 0.435. The van der Waals surface area contributed by atoms with Crippen molar-refractivity contribution in [2.45, 2.75) is 26.3 Å². The number of rotatable bonds is 4. The van der Waals surface area contributed by atoms with E-state index in [0.717, 1.165) is 22.9 Å². The van der Waals surface area contributed by atoms with Gasteiger partial charge in [0.1, 0.15) is 17.0 Å². The van der Waals surface area contributed by atoms with E-state index in [-0.39, 0.29) is 0 Å². The minimum absolute atomic E-state index is 0.435. The standard InChI is InChI=1S/C12H16N4S/c1-8(2)11-10(6-13-3)17-12(16-11)9-4-5-14-7-15-9/h4-5,7-8,13H,6H2,1-3H3. The van der Waals surface area contributed by atoms with Crippen molar-refractivity contribution in [2.75, 3.05) is 7.05 Å². The Labute approximate surface area is 105 Å². The number of aromatic nitrogens is 3. The summed E-state index contributed by atoms with van der Waals surface area (Å²) >= 11 is 1.70. The molecule has 0 fully saturated rings. The number of hydrogen-bond donors (Lipinski definition) is 1. The second-order valence-corrected chi connectivity index (χ2v) is 5.19. The zero-order valence-electron chi connectivity index (χ0n) is 10.3. The molecule has 4 nitrogen and oxygen atoms in total. The third-order valence-corrected chi connectivity index (χ3v) is 3.51. The molecule has 2 aromatic heterocycles. The van der Waals surface area contributed by atoms with Crippen molar-refractivity contribution in [1.82, 2.24) is 20.3 Å². The van der Waals surface area contributed by atoms with Crippen LogP contribution in [0.15, 0.2) is 18.6 Å². The molecule has 1 N–H and O–H groups in total. The molecule has 0 aliphatic rings. The SMILES string of the molecule is CNCc1sc(-c2ccncn2)nc1C(C)C. The molecule has 0 aromatic carbocycles. The predicted octanol–water partition coefficient (Wildman–Crippen LogP) is 2.44. The monoisotopic (exact) mass is 248 g/mol. The summed E-state index contributed by atoms with van der Waals surface area (Å²) in [6.07, 6.45) is 3.31. The summed E-state index contributed by atoms with van der Waals surface area (Å²) in [6, 6.07) is 1.89. The zero-order valence-corrected chi connectivity index (χ0v) is 11.1. The fourth-order valence-electron chi connectivity index (χ4n) is 1.63. The van der Waals surface area contributed by atoms with Crippen LogP contribution in [-0.2, 0) is 6.54 Å². The zero-order chi connectivity index (χ0) is 12.3. The van der Waals surface area contributed by atoms with Crippen molar-refractivity contribution in [2.24, 2.45) is 0 Å². The van der Waals surface area contributed by atoms with Crippen LogP contribution in [0.2, 0.25) is 0 Å². The Morgan fingerprint density at radius 1 is 1.41 bits per heavy atom. The molecule has 0 spiro atoms. The molecule has 0 atom stereocenters. The van der Waals surface area contributed by atoms with Crippen LogP contribution in [0, 0.1) is 0 Å². The van der Waals surface area contributed by atoms with E-state index in [2.05, 4.69) is 34.1 Å². The molecule has 2 rings (SSSR count). The summed E-state index contributed by atoms with van der Waals surface area (Å²) in [7, 11) is 1.95. The third-order valence-electron chi connectivity index (χ3n) is 2.41. The van der Waals surface area contributed by atoms with Crippen LogP contribution >= 0.6 is 11.3 Å². The smallest absolute Gasteiger partial charge is 0.142 e. The van der Waals surface area contributed by atoms with Crippen LogP contribution in [0.25, 0.3) is 10.7 Å². The van der Waals surface area contributed by atoms with E-state index < -0.39 is 0 Å². The molecule has 2 heterocycles. The van der Waals surface area contributed by atoms with Crippen LogP contribution in [0.3, 0.4) is 0 Å². The number of nitrogens with zero attached hydrogens (tertiary/aromatic N) is 3. The molecule has 2 aromatic rings. The van der Waals surface area contributed by atoms with Crippen molar-refractivity contribution in [3.05, 3.63) is 29.2 Å². The largest absolute Gasteiger partial charge is 0.315 e. The normalized spacial score (nSPS) is 11.1. The molecule has 0 bridgehead atoms. The topological polar surface area (TPSA) is 50.7 Å². The maximum atomic E-state index is 4.69. The minimum Gasteiger partial charge on any atom is -0.315 e. The quantitative estimate of drug-likeness (QED) is 0.903. The Morgan fingerprint density at radius 2 is 2.24 bits per heavy atom. The molecule has 0 radical (unpaired) electrons. The van der Waals surface area contributed by atoms with E-state index in [1.165, 1.54) is 4.88 Å². The number of nitrogens with one attached hydrogen (secondary N) is 1. The molecule has 5 heteroatoms. The van der Waals surface area contributed by atoms with Gasteiger partial charge in [-0.3, -0.25) is 0 Å². The summed E-state index contributed by atoms with van der Waals surface area (Å²) in [5, 5.41) is 4.16. The summed E-state index contributed by atoms with van der Waals surface area (Å²) < 4.78 is 0. The Morgan fingerprint density at radius 3 is 2.82 bits per heavy atom. The number of hydrogen-bond acceptors (Lipinski definition) is 5. The third kappa shape index (κ3) is 2.68. The van der Waals surface area contributed by atoms with Crippen molar-refractivity contribution >= 4 is 11.3 Å². The Bertz CT molecular complexity index is 479. The highest BCUT2D eigenvalue weighted by atomic mass is 32.1. The first kappa shape index (κ1) is 12.1. The van der Waals surface area contributed by atoms with Gasteiger partial charge in [0.25, 0.3) is 0 Å². The lowest BCUT2D eigenvalue weighted by molar-refractivity contribution is 0.771. The van der Waals surface area contributed by atoms with Crippen LogP contribution < -0.4 is 5.32 Å². The Kier molecular flexibility index (Phi) is 3.81. The molecule has 0 aliphatic carbocycles. The fourth-order valence-corrected chi connectivity index (χ4v) is 2.83. The van der Waals surface area contributed by atoms with Crippen LogP contribution in [-0.4, -0.2) is 22.0 Å². The van der Waals surface area contributed by atoms with Crippen LogP contribution in [0.1, 0.15) is 30.3 Å². The first-order valence-corrected chi connectivity index (χ1v) is 6.44. The second kappa shape index (κ2) is 5.33. The highest BCUT2D eigenvalue weighted by Crippen LogP contribution is 2.30. The summed E-state index contributed by atoms with van der Waals surface area (Å²) in [4.78, 5) is 14.1. The fraction of sp³-hybridized carbons (Fsp3) is 0.417. The van der Waals surface area contributed by atoms with Gasteiger partial charge in [-0.25, -0.2) is 15.0 Å². The maximum Gasteiger partial charge on any atom is 0.142 e. The van der Waals surface area contributed by atoms with Gasteiger partial charge in [-0.15, -0.1) is 11.3 Å². The van der Waals surface area contributed by atoms with Crippen molar-refractivity contribution in [3.8, 4) is 10.7 Å². The molecular weight excluding hydrogens is 232 g/mol. The van der Waals surface area contributed by atoms with Gasteiger partial charge in [0.05, 0.1) is 5.69 Å². The molecular formula is C12H16N4S. The van der Waals surface area contributed by atoms with E-state index in [1.54, 1.807) is 23.9 Å². The first-order chi connectivity index (χ1) is 8.22. The van der Waals surface area contributed by atoms with Gasteiger partial charge in [-0.2, -0.15) is 0 Å². The van der Waals surface area contributed by atoms with Crippen LogP contribution in [0.4, 0.5) is 0 Å². The maximum absolute atomic E-state index is 4.69. The van der Waals surface area contributed by atoms with Gasteiger partial charge in [0.15, 0.2) is 0 Å². The van der Waals surface area contributed by atoms with Gasteiger partial charge >= 0.3 is 0 Å². The van der Waals surface area contributed by atoms with Gasteiger partial charge in [0, 0.05) is 17.6 Å². The molecule has 0 saturated heterocycles. The first-order valence-electron chi connectivity index (χ1n) is 5.63. The highest BCUT2D eigenvalue weighted by molar-refractivity contribution is 7.15. The summed E-state index contributed by atoms with van der Waals surface area (Å²) in [6.45, 7) is 5.19. The molecule has 0 unspecified atom stereocenters. The van der Waals surface area contributed by atoms with E-state index in [9.17, 15) is 0 Å². The Hall–Kier alpha value is -1.33. The predicted molar refractivity (Wildman–Crippen MR) is 70.0 cm³/mol. The second-order valence-electron chi connectivity index (χ2n) is 4.11. The van der Waals surface area contributed by atoms with Crippen LogP contribution in [0.5, 0.6) is 0 Å². The van der Waals surface area contributed by atoms with E-state index in [0.29, 0.717) is 5.92 Å². The highest BCUT2D eigenvalue weighted by Gasteiger charge is 2.15. The van der Waals surface area contributed by atoms with Gasteiger partial charge < -0.3 is 5.32 Å². The average molecular weight is 248 g/mol. The van der Waals surface area contributed by atoms with E-state index >= 15 is 0 Å². The van der Waals surface area contributed by atoms with E-state index in [4.69, 9.17) is 0 Å². The van der Waals surface area contributed by atoms with Crippen molar-refractivity contribution in [3.63, 3.8) is 0 Å². The lowest BCUT2D eigenvalue weighted by Gasteiger charge is -2.03. The summed E-state index contributed by atoms with van der Waals surface area (Å²) in [5.41, 5.74) is 2.06. The molecule has 0 aliphatic heterocycles. The lowest BCUT2D eigenvalue weighted by atomic mass is 10.1.